The van der Waals surface area contributed by atoms with Crippen LogP contribution in [0.4, 0.5) is 4.79 Å². The van der Waals surface area contributed by atoms with Gasteiger partial charge in [0.05, 0.1) is 0 Å². The maximum Gasteiger partial charge on any atom is 0.408 e. The van der Waals surface area contributed by atoms with Crippen LogP contribution in [0.3, 0.4) is 0 Å². The number of carbonyl (C=O) groups is 3. The second-order valence-electron chi connectivity index (χ2n) is 9.66. The van der Waals surface area contributed by atoms with Gasteiger partial charge in [0.2, 0.25) is 11.8 Å². The average molecular weight is 446 g/mol. The topological polar surface area (TPSA) is 87.7 Å². The Morgan fingerprint density at radius 2 is 1.78 bits per heavy atom. The van der Waals surface area contributed by atoms with Crippen LogP contribution in [-0.2, 0) is 14.3 Å². The van der Waals surface area contributed by atoms with Crippen LogP contribution < -0.4 is 10.6 Å². The van der Waals surface area contributed by atoms with Gasteiger partial charge in [0.1, 0.15) is 17.7 Å². The van der Waals surface area contributed by atoms with E-state index in [0.29, 0.717) is 6.54 Å². The average Bonchev–Trinajstić information content (AvgIpc) is 2.65. The molecule has 178 valence electrons. The van der Waals surface area contributed by atoms with Gasteiger partial charge in [-0.25, -0.2) is 4.79 Å². The second-order valence-corrected chi connectivity index (χ2v) is 9.66. The van der Waals surface area contributed by atoms with Gasteiger partial charge >= 0.3 is 6.09 Å². The molecule has 0 bridgehead atoms. The van der Waals surface area contributed by atoms with E-state index in [-0.39, 0.29) is 17.9 Å². The highest BCUT2D eigenvalue weighted by Gasteiger charge is 2.40. The summed E-state index contributed by atoms with van der Waals surface area (Å²) in [6.45, 7) is 11.6. The number of hydrogen-bond donors (Lipinski definition) is 2. The van der Waals surface area contributed by atoms with Crippen LogP contribution in [0.1, 0.15) is 83.9 Å². The maximum atomic E-state index is 13.6. The van der Waals surface area contributed by atoms with Gasteiger partial charge in [-0.3, -0.25) is 9.59 Å². The van der Waals surface area contributed by atoms with E-state index >= 15 is 0 Å². The van der Waals surface area contributed by atoms with Gasteiger partial charge in [-0.05, 0) is 65.9 Å². The standard InChI is InChI=1S/C25H39N3O4/c1-7-8-16-26-22(29)21(19-14-12-17(2)13-15-19)28(20-10-9-11-20)23(30)18(3)27-24(31)32-25(4,5)6/h12-15,18,20-21H,7-11,16H2,1-6H3,(H,26,29)(H,27,31). The fraction of sp³-hybridized carbons (Fsp3) is 0.640. The fourth-order valence-electron chi connectivity index (χ4n) is 3.62. The molecule has 32 heavy (non-hydrogen) atoms. The van der Waals surface area contributed by atoms with Gasteiger partial charge in [-0.15, -0.1) is 0 Å². The lowest BCUT2D eigenvalue weighted by Crippen LogP contribution is -2.56. The van der Waals surface area contributed by atoms with E-state index in [1.165, 1.54) is 0 Å². The van der Waals surface area contributed by atoms with Crippen molar-refractivity contribution < 1.29 is 19.1 Å². The minimum absolute atomic E-state index is 0.0337. The Labute approximate surface area is 192 Å². The van der Waals surface area contributed by atoms with E-state index in [0.717, 1.165) is 43.2 Å². The van der Waals surface area contributed by atoms with Crippen LogP contribution in [0.2, 0.25) is 0 Å². The molecule has 3 amide bonds. The first-order valence-corrected chi connectivity index (χ1v) is 11.7. The number of nitrogens with one attached hydrogen (secondary N) is 2. The number of ether oxygens (including phenoxy) is 1. The van der Waals surface area contributed by atoms with Crippen molar-refractivity contribution in [2.75, 3.05) is 6.54 Å². The molecule has 2 N–H and O–H groups in total. The summed E-state index contributed by atoms with van der Waals surface area (Å²) in [6, 6.07) is 6.12. The van der Waals surface area contributed by atoms with E-state index in [2.05, 4.69) is 17.6 Å². The summed E-state index contributed by atoms with van der Waals surface area (Å²) in [4.78, 5) is 40.8. The molecular formula is C25H39N3O4. The molecule has 0 heterocycles. The van der Waals surface area contributed by atoms with Crippen LogP contribution >= 0.6 is 0 Å². The number of alkyl carbamates (subject to hydrolysis) is 1. The first-order valence-electron chi connectivity index (χ1n) is 11.7. The highest BCUT2D eigenvalue weighted by atomic mass is 16.6. The van der Waals surface area contributed by atoms with Crippen molar-refractivity contribution in [3.05, 3.63) is 35.4 Å². The third kappa shape index (κ3) is 7.24. The number of amides is 3. The van der Waals surface area contributed by atoms with Crippen molar-refractivity contribution in [3.63, 3.8) is 0 Å². The minimum Gasteiger partial charge on any atom is -0.444 e. The molecule has 1 aromatic rings. The summed E-state index contributed by atoms with van der Waals surface area (Å²) >= 11 is 0. The highest BCUT2D eigenvalue weighted by molar-refractivity contribution is 5.92. The number of aryl methyl sites for hydroxylation is 1. The third-order valence-corrected chi connectivity index (χ3v) is 5.58. The molecule has 1 fully saturated rings. The van der Waals surface area contributed by atoms with Gasteiger partial charge in [0, 0.05) is 12.6 Å². The zero-order valence-corrected chi connectivity index (χ0v) is 20.4. The molecule has 2 atom stereocenters. The highest BCUT2D eigenvalue weighted by Crippen LogP contribution is 2.33. The lowest BCUT2D eigenvalue weighted by Gasteiger charge is -2.43. The Morgan fingerprint density at radius 3 is 2.28 bits per heavy atom. The maximum absolute atomic E-state index is 13.6. The fourth-order valence-corrected chi connectivity index (χ4v) is 3.62. The lowest BCUT2D eigenvalue weighted by atomic mass is 9.88. The van der Waals surface area contributed by atoms with E-state index in [9.17, 15) is 14.4 Å². The van der Waals surface area contributed by atoms with Crippen LogP contribution in [0.15, 0.2) is 24.3 Å². The third-order valence-electron chi connectivity index (χ3n) is 5.58. The number of hydrogen-bond acceptors (Lipinski definition) is 4. The van der Waals surface area contributed by atoms with Gasteiger partial charge in [-0.1, -0.05) is 43.2 Å². The molecule has 2 unspecified atom stereocenters. The van der Waals surface area contributed by atoms with E-state index in [4.69, 9.17) is 4.74 Å². The van der Waals surface area contributed by atoms with Crippen molar-refractivity contribution in [1.29, 1.82) is 0 Å². The summed E-state index contributed by atoms with van der Waals surface area (Å²) < 4.78 is 5.31. The molecule has 1 aliphatic rings. The Kier molecular flexibility index (Phi) is 9.10. The number of carbonyl (C=O) groups excluding carboxylic acids is 3. The number of rotatable bonds is 9. The molecule has 0 aliphatic heterocycles. The van der Waals surface area contributed by atoms with Gasteiger partial charge in [0.25, 0.3) is 0 Å². The SMILES string of the molecule is CCCCNC(=O)C(c1ccc(C)cc1)N(C(=O)C(C)NC(=O)OC(C)(C)C)C1CCC1. The van der Waals surface area contributed by atoms with Crippen LogP contribution in [0, 0.1) is 6.92 Å². The van der Waals surface area contributed by atoms with Crippen molar-refractivity contribution in [1.82, 2.24) is 15.5 Å². The van der Waals surface area contributed by atoms with E-state index in [1.54, 1.807) is 32.6 Å². The van der Waals surface area contributed by atoms with Gasteiger partial charge in [0.15, 0.2) is 0 Å². The summed E-state index contributed by atoms with van der Waals surface area (Å²) in [7, 11) is 0. The van der Waals surface area contributed by atoms with Crippen LogP contribution in [-0.4, -0.2) is 47.0 Å². The molecule has 1 saturated carbocycles. The summed E-state index contributed by atoms with van der Waals surface area (Å²) in [5, 5.41) is 5.64. The summed E-state index contributed by atoms with van der Waals surface area (Å²) in [5.74, 6) is -0.469. The Balaban J connectivity index is 2.31. The van der Waals surface area contributed by atoms with Crippen molar-refractivity contribution in [2.24, 2.45) is 0 Å². The van der Waals surface area contributed by atoms with Crippen LogP contribution in [0.5, 0.6) is 0 Å². The predicted octanol–water partition coefficient (Wildman–Crippen LogP) is 4.25. The van der Waals surface area contributed by atoms with E-state index in [1.807, 2.05) is 31.2 Å². The molecule has 1 aliphatic carbocycles. The quantitative estimate of drug-likeness (QED) is 0.556. The smallest absolute Gasteiger partial charge is 0.408 e. The Hall–Kier alpha value is -2.57. The number of benzene rings is 1. The molecule has 0 aromatic heterocycles. The van der Waals surface area contributed by atoms with Crippen molar-refractivity contribution in [2.45, 2.75) is 97.4 Å². The number of unbranched alkanes of at least 4 members (excludes halogenated alkanes) is 1. The lowest BCUT2D eigenvalue weighted by molar-refractivity contribution is -0.147. The van der Waals surface area contributed by atoms with Gasteiger partial charge in [-0.2, -0.15) is 0 Å². The normalized spacial score (nSPS) is 15.8. The van der Waals surface area contributed by atoms with Crippen molar-refractivity contribution in [3.8, 4) is 0 Å². The molecule has 0 spiro atoms. The molecule has 7 heteroatoms. The monoisotopic (exact) mass is 445 g/mol. The first-order chi connectivity index (χ1) is 15.0. The summed E-state index contributed by atoms with van der Waals surface area (Å²) in [6.07, 6.45) is 3.90. The summed E-state index contributed by atoms with van der Waals surface area (Å²) in [5.41, 5.74) is 1.19. The predicted molar refractivity (Wildman–Crippen MR) is 125 cm³/mol. The van der Waals surface area contributed by atoms with E-state index < -0.39 is 23.8 Å². The molecule has 1 aromatic carbocycles. The zero-order valence-electron chi connectivity index (χ0n) is 20.4. The number of nitrogens with zero attached hydrogens (tertiary/aromatic N) is 1. The molecular weight excluding hydrogens is 406 g/mol. The van der Waals surface area contributed by atoms with Gasteiger partial charge < -0.3 is 20.3 Å². The molecule has 0 radical (unpaired) electrons. The van der Waals surface area contributed by atoms with Crippen molar-refractivity contribution >= 4 is 17.9 Å². The largest absolute Gasteiger partial charge is 0.444 e. The molecule has 0 saturated heterocycles. The second kappa shape index (κ2) is 11.3. The molecule has 2 rings (SSSR count). The Morgan fingerprint density at radius 1 is 1.16 bits per heavy atom. The molecule has 7 nitrogen and oxygen atoms in total. The first kappa shape index (κ1) is 25.7. The minimum atomic E-state index is -0.818. The zero-order chi connectivity index (χ0) is 23.9. The van der Waals surface area contributed by atoms with Crippen LogP contribution in [0.25, 0.3) is 0 Å². The Bertz CT molecular complexity index is 781.